The Labute approximate surface area is 117 Å². The second kappa shape index (κ2) is 4.35. The van der Waals surface area contributed by atoms with Crippen molar-refractivity contribution >= 4 is 11.6 Å². The Morgan fingerprint density at radius 3 is 2.60 bits per heavy atom. The van der Waals surface area contributed by atoms with Gasteiger partial charge < -0.3 is 15.2 Å². The number of para-hydroxylation sites is 1. The number of aliphatic hydroxyl groups is 1. The highest BCUT2D eigenvalue weighted by atomic mass is 16.5. The first-order valence-corrected chi connectivity index (χ1v) is 6.36. The number of carbonyl (C=O) groups is 1. The number of anilines is 1. The van der Waals surface area contributed by atoms with Crippen LogP contribution in [0, 0.1) is 6.92 Å². The van der Waals surface area contributed by atoms with Crippen molar-refractivity contribution in [2.24, 2.45) is 0 Å². The van der Waals surface area contributed by atoms with Gasteiger partial charge >= 0.3 is 0 Å². The van der Waals surface area contributed by atoms with Crippen molar-refractivity contribution in [1.29, 1.82) is 0 Å². The number of nitrogens with one attached hydrogen (secondary N) is 1. The van der Waals surface area contributed by atoms with Crippen LogP contribution in [0.3, 0.4) is 0 Å². The molecule has 0 fully saturated rings. The lowest BCUT2D eigenvalue weighted by Crippen LogP contribution is -2.36. The quantitative estimate of drug-likeness (QED) is 0.878. The van der Waals surface area contributed by atoms with Crippen molar-refractivity contribution in [2.45, 2.75) is 12.5 Å². The van der Waals surface area contributed by atoms with E-state index in [4.69, 9.17) is 4.74 Å². The third kappa shape index (κ3) is 1.62. The van der Waals surface area contributed by atoms with Crippen molar-refractivity contribution in [2.75, 3.05) is 12.4 Å². The predicted molar refractivity (Wildman–Crippen MR) is 75.8 cm³/mol. The van der Waals surface area contributed by atoms with Crippen LogP contribution >= 0.6 is 0 Å². The number of fused-ring (bicyclic) bond motifs is 1. The molecule has 0 spiro atoms. The fraction of sp³-hybridized carbons (Fsp3) is 0.188. The molecule has 1 heterocycles. The highest BCUT2D eigenvalue weighted by Gasteiger charge is 2.47. The average Bonchev–Trinajstić information content (AvgIpc) is 2.71. The molecule has 102 valence electrons. The summed E-state index contributed by atoms with van der Waals surface area (Å²) in [5.41, 5.74) is 0.959. The van der Waals surface area contributed by atoms with Crippen LogP contribution in [0.15, 0.2) is 42.5 Å². The van der Waals surface area contributed by atoms with Crippen molar-refractivity contribution in [1.82, 2.24) is 0 Å². The van der Waals surface area contributed by atoms with Gasteiger partial charge in [0.25, 0.3) is 5.91 Å². The van der Waals surface area contributed by atoms with Gasteiger partial charge in [0.2, 0.25) is 0 Å². The van der Waals surface area contributed by atoms with Gasteiger partial charge in [0.05, 0.1) is 7.11 Å². The second-order valence-corrected chi connectivity index (χ2v) is 4.89. The summed E-state index contributed by atoms with van der Waals surface area (Å²) in [5.74, 6) is 0.272. The fourth-order valence-corrected chi connectivity index (χ4v) is 2.68. The van der Waals surface area contributed by atoms with Crippen molar-refractivity contribution < 1.29 is 14.6 Å². The Bertz CT molecular complexity index is 696. The van der Waals surface area contributed by atoms with Gasteiger partial charge in [-0.25, -0.2) is 0 Å². The highest BCUT2D eigenvalue weighted by Crippen LogP contribution is 2.42. The molecule has 1 atom stereocenters. The summed E-state index contributed by atoms with van der Waals surface area (Å²) in [4.78, 5) is 12.3. The minimum absolute atomic E-state index is 0.424. The predicted octanol–water partition coefficient (Wildman–Crippen LogP) is 2.19. The molecule has 0 aromatic heterocycles. The zero-order valence-corrected chi connectivity index (χ0v) is 11.3. The van der Waals surface area contributed by atoms with E-state index in [0.29, 0.717) is 22.6 Å². The molecule has 0 saturated heterocycles. The number of methoxy groups -OCH3 is 1. The second-order valence-electron chi connectivity index (χ2n) is 4.89. The number of ether oxygens (including phenoxy) is 1. The lowest BCUT2D eigenvalue weighted by Gasteiger charge is -2.23. The number of hydrogen-bond acceptors (Lipinski definition) is 3. The number of carbonyl (C=O) groups excluding carboxylic acids is 1. The lowest BCUT2D eigenvalue weighted by atomic mass is 9.85. The normalized spacial score (nSPS) is 20.4. The minimum Gasteiger partial charge on any atom is -0.497 e. The van der Waals surface area contributed by atoms with E-state index >= 15 is 0 Å². The van der Waals surface area contributed by atoms with E-state index in [-0.39, 0.29) is 0 Å². The molecule has 2 aromatic carbocycles. The van der Waals surface area contributed by atoms with Crippen LogP contribution in [0.5, 0.6) is 5.75 Å². The van der Waals surface area contributed by atoms with Gasteiger partial charge in [-0.15, -0.1) is 0 Å². The van der Waals surface area contributed by atoms with Crippen molar-refractivity contribution in [3.8, 4) is 5.75 Å². The monoisotopic (exact) mass is 269 g/mol. The third-order valence-electron chi connectivity index (χ3n) is 3.72. The number of benzene rings is 2. The lowest BCUT2D eigenvalue weighted by molar-refractivity contribution is -0.129. The van der Waals surface area contributed by atoms with E-state index in [2.05, 4.69) is 5.32 Å². The van der Waals surface area contributed by atoms with Gasteiger partial charge in [0.15, 0.2) is 5.60 Å². The largest absolute Gasteiger partial charge is 0.497 e. The fourth-order valence-electron chi connectivity index (χ4n) is 2.68. The maximum absolute atomic E-state index is 12.3. The van der Waals surface area contributed by atoms with Crippen LogP contribution in [0.4, 0.5) is 5.69 Å². The molecule has 1 unspecified atom stereocenters. The molecular formula is C16H15NO3. The molecular weight excluding hydrogens is 254 g/mol. The van der Waals surface area contributed by atoms with Gasteiger partial charge in [0, 0.05) is 16.8 Å². The molecule has 0 radical (unpaired) electrons. The SMILES string of the molecule is COc1ccc(C2(O)C(=O)Nc3ccccc32)c(C)c1. The summed E-state index contributed by atoms with van der Waals surface area (Å²) in [6, 6.07) is 12.5. The van der Waals surface area contributed by atoms with E-state index in [1.54, 1.807) is 31.4 Å². The molecule has 0 saturated carbocycles. The standard InChI is InChI=1S/C16H15NO3/c1-10-9-11(20-2)7-8-12(10)16(19)13-5-3-4-6-14(13)17-15(16)18/h3-9,19H,1-2H3,(H,17,18). The number of aryl methyl sites for hydroxylation is 1. The molecule has 1 amide bonds. The zero-order valence-electron chi connectivity index (χ0n) is 11.3. The third-order valence-corrected chi connectivity index (χ3v) is 3.72. The molecule has 0 bridgehead atoms. The maximum atomic E-state index is 12.3. The summed E-state index contributed by atoms with van der Waals surface area (Å²) >= 11 is 0. The van der Waals surface area contributed by atoms with E-state index < -0.39 is 11.5 Å². The maximum Gasteiger partial charge on any atom is 0.265 e. The molecule has 2 aromatic rings. The van der Waals surface area contributed by atoms with E-state index in [0.717, 1.165) is 5.56 Å². The van der Waals surface area contributed by atoms with Crippen LogP contribution in [0.2, 0.25) is 0 Å². The van der Waals surface area contributed by atoms with Crippen molar-refractivity contribution in [3.05, 3.63) is 59.2 Å². The Kier molecular flexibility index (Phi) is 2.76. The minimum atomic E-state index is -1.65. The first-order valence-electron chi connectivity index (χ1n) is 6.36. The van der Waals surface area contributed by atoms with Crippen LogP contribution in [-0.2, 0) is 10.4 Å². The van der Waals surface area contributed by atoms with E-state index in [1.807, 2.05) is 25.1 Å². The smallest absolute Gasteiger partial charge is 0.265 e. The van der Waals surface area contributed by atoms with Gasteiger partial charge in [-0.1, -0.05) is 24.3 Å². The van der Waals surface area contributed by atoms with Gasteiger partial charge in [0.1, 0.15) is 5.75 Å². The highest BCUT2D eigenvalue weighted by molar-refractivity contribution is 6.07. The summed E-state index contributed by atoms with van der Waals surface area (Å²) in [6.45, 7) is 1.85. The Morgan fingerprint density at radius 1 is 1.15 bits per heavy atom. The van der Waals surface area contributed by atoms with Crippen LogP contribution in [0.1, 0.15) is 16.7 Å². The summed E-state index contributed by atoms with van der Waals surface area (Å²) in [5, 5.41) is 13.7. The Hall–Kier alpha value is -2.33. The molecule has 0 aliphatic carbocycles. The summed E-state index contributed by atoms with van der Waals surface area (Å²) in [7, 11) is 1.58. The average molecular weight is 269 g/mol. The Balaban J connectivity index is 2.20. The zero-order chi connectivity index (χ0) is 14.3. The summed E-state index contributed by atoms with van der Waals surface area (Å²) in [6.07, 6.45) is 0. The van der Waals surface area contributed by atoms with Gasteiger partial charge in [-0.05, 0) is 30.7 Å². The topological polar surface area (TPSA) is 58.6 Å². The Morgan fingerprint density at radius 2 is 1.90 bits per heavy atom. The number of amides is 1. The molecule has 4 nitrogen and oxygen atoms in total. The van der Waals surface area contributed by atoms with Gasteiger partial charge in [-0.3, -0.25) is 4.79 Å². The van der Waals surface area contributed by atoms with Crippen LogP contribution in [-0.4, -0.2) is 18.1 Å². The molecule has 20 heavy (non-hydrogen) atoms. The van der Waals surface area contributed by atoms with Crippen LogP contribution < -0.4 is 10.1 Å². The van der Waals surface area contributed by atoms with Crippen molar-refractivity contribution in [3.63, 3.8) is 0 Å². The molecule has 4 heteroatoms. The van der Waals surface area contributed by atoms with E-state index in [1.165, 1.54) is 0 Å². The van der Waals surface area contributed by atoms with E-state index in [9.17, 15) is 9.90 Å². The number of rotatable bonds is 2. The van der Waals surface area contributed by atoms with Gasteiger partial charge in [-0.2, -0.15) is 0 Å². The molecule has 3 rings (SSSR count). The first-order chi connectivity index (χ1) is 9.57. The molecule has 1 aliphatic rings. The summed E-state index contributed by atoms with van der Waals surface area (Å²) < 4.78 is 5.16. The first kappa shape index (κ1) is 12.7. The molecule has 2 N–H and O–H groups in total. The number of hydrogen-bond donors (Lipinski definition) is 2. The molecule has 1 aliphatic heterocycles. The van der Waals surface area contributed by atoms with Crippen LogP contribution in [0.25, 0.3) is 0 Å².